The molecule has 0 aromatic carbocycles. The molecule has 0 amide bonds. The molecule has 0 bridgehead atoms. The predicted octanol–water partition coefficient (Wildman–Crippen LogP) is 0.158. The van der Waals surface area contributed by atoms with Crippen LogP contribution in [0, 0.1) is 0 Å². The van der Waals surface area contributed by atoms with Gasteiger partial charge in [0.1, 0.15) is 0 Å². The van der Waals surface area contributed by atoms with Gasteiger partial charge in [-0.3, -0.25) is 0 Å². The maximum atomic E-state index is 8.23. The molecule has 31 valence electrons. The molecule has 0 unspecified atom stereocenters. The van der Waals surface area contributed by atoms with E-state index in [-0.39, 0.29) is 9.76 Å². The van der Waals surface area contributed by atoms with Crippen LogP contribution in [-0.4, -0.2) is 14.6 Å². The maximum Gasteiger partial charge on any atom is 0.190 e. The van der Waals surface area contributed by atoms with Gasteiger partial charge in [0.15, 0.2) is 9.76 Å². The van der Waals surface area contributed by atoms with E-state index in [9.17, 15) is 0 Å². The molecule has 0 atom stereocenters. The first-order valence-electron chi connectivity index (χ1n) is 1.75. The summed E-state index contributed by atoms with van der Waals surface area (Å²) in [7, 11) is -0.269. The van der Waals surface area contributed by atoms with Crippen LogP contribution in [0.4, 0.5) is 0 Å². The van der Waals surface area contributed by atoms with E-state index in [0.717, 1.165) is 0 Å². The van der Waals surface area contributed by atoms with Gasteiger partial charge >= 0.3 is 0 Å². The Kier molecular flexibility index (Phi) is 2.50. The molecule has 0 aliphatic heterocycles. The van der Waals surface area contributed by atoms with Gasteiger partial charge in [-0.1, -0.05) is 13.8 Å². The van der Waals surface area contributed by atoms with Gasteiger partial charge in [-0.25, -0.2) is 0 Å². The van der Waals surface area contributed by atoms with Gasteiger partial charge in [-0.05, 0) is 5.54 Å². The minimum Gasteiger partial charge on any atom is -0.435 e. The Morgan fingerprint density at radius 1 is 1.60 bits per heavy atom. The molecule has 0 saturated heterocycles. The lowest BCUT2D eigenvalue weighted by atomic mass is 10.6. The average Bonchev–Trinajstić information content (AvgIpc) is 1.38. The first-order chi connectivity index (χ1) is 2.27. The van der Waals surface area contributed by atoms with Crippen molar-refractivity contribution in [3.63, 3.8) is 0 Å². The second kappa shape index (κ2) is 2.42. The third kappa shape index (κ3) is 4.18. The van der Waals surface area contributed by atoms with Crippen LogP contribution in [0.3, 0.4) is 0 Å². The minimum absolute atomic E-state index is 0.269. The Morgan fingerprint density at radius 2 is 1.80 bits per heavy atom. The van der Waals surface area contributed by atoms with E-state index in [4.69, 9.17) is 4.80 Å². The zero-order valence-electron chi connectivity index (χ0n) is 3.60. The van der Waals surface area contributed by atoms with Gasteiger partial charge in [0, 0.05) is 0 Å². The first kappa shape index (κ1) is 5.18. The summed E-state index contributed by atoms with van der Waals surface area (Å²) in [6.45, 7) is 4.02. The van der Waals surface area contributed by atoms with E-state index in [1.165, 1.54) is 0 Å². The Balaban J connectivity index is 2.54. The molecule has 1 radical (unpaired) electrons. The normalized spacial score (nSPS) is 9.60. The molecule has 1 nitrogen and oxygen atoms in total. The Labute approximate surface area is 35.0 Å². The lowest BCUT2D eigenvalue weighted by Crippen LogP contribution is -1.89. The lowest BCUT2D eigenvalue weighted by molar-refractivity contribution is 0.587. The molecule has 0 aromatic heterocycles. The highest BCUT2D eigenvalue weighted by atomic mass is 28.2. The van der Waals surface area contributed by atoms with Crippen LogP contribution in [0.2, 0.25) is 5.54 Å². The van der Waals surface area contributed by atoms with Gasteiger partial charge in [0.25, 0.3) is 0 Å². The molecule has 5 heavy (non-hydrogen) atoms. The fraction of sp³-hybridized carbons (Fsp3) is 1.00. The molecular formula is C3H9OSi. The van der Waals surface area contributed by atoms with E-state index < -0.39 is 0 Å². The largest absolute Gasteiger partial charge is 0.435 e. The summed E-state index contributed by atoms with van der Waals surface area (Å²) in [6, 6.07) is 0. The van der Waals surface area contributed by atoms with Crippen molar-refractivity contribution in [1.29, 1.82) is 0 Å². The summed E-state index contributed by atoms with van der Waals surface area (Å²) in [5.74, 6) is 0. The van der Waals surface area contributed by atoms with Crippen LogP contribution < -0.4 is 0 Å². The summed E-state index contributed by atoms with van der Waals surface area (Å²) in [5, 5.41) is 0. The second-order valence-corrected chi connectivity index (χ2v) is 3.02. The summed E-state index contributed by atoms with van der Waals surface area (Å²) in [6.07, 6.45) is 0. The molecule has 0 heterocycles. The van der Waals surface area contributed by atoms with Gasteiger partial charge in [-0.2, -0.15) is 0 Å². The molecule has 0 saturated carbocycles. The van der Waals surface area contributed by atoms with Crippen molar-refractivity contribution in [2.75, 3.05) is 0 Å². The lowest BCUT2D eigenvalue weighted by Gasteiger charge is -1.87. The predicted molar refractivity (Wildman–Crippen MR) is 24.5 cm³/mol. The molecule has 0 rings (SSSR count). The molecule has 2 heteroatoms. The fourth-order valence-electron chi connectivity index (χ4n) is 0. The summed E-state index contributed by atoms with van der Waals surface area (Å²) >= 11 is 0. The van der Waals surface area contributed by atoms with E-state index in [1.807, 2.05) is 13.8 Å². The molecule has 0 spiro atoms. The van der Waals surface area contributed by atoms with Gasteiger partial charge in [-0.15, -0.1) is 0 Å². The highest BCUT2D eigenvalue weighted by Gasteiger charge is 1.84. The fourth-order valence-corrected chi connectivity index (χ4v) is 0. The smallest absolute Gasteiger partial charge is 0.190 e. The molecule has 0 fully saturated rings. The molecule has 0 aliphatic carbocycles. The zero-order valence-corrected chi connectivity index (χ0v) is 4.76. The number of hydrogen-bond acceptors (Lipinski definition) is 1. The highest BCUT2D eigenvalue weighted by molar-refractivity contribution is 6.27. The van der Waals surface area contributed by atoms with E-state index >= 15 is 0 Å². The number of rotatable bonds is 1. The van der Waals surface area contributed by atoms with Crippen molar-refractivity contribution in [3.05, 3.63) is 0 Å². The van der Waals surface area contributed by atoms with Crippen molar-refractivity contribution < 1.29 is 4.80 Å². The van der Waals surface area contributed by atoms with Crippen LogP contribution in [0.25, 0.3) is 0 Å². The van der Waals surface area contributed by atoms with Gasteiger partial charge in [0.2, 0.25) is 0 Å². The number of hydrogen-bond donors (Lipinski definition) is 1. The second-order valence-electron chi connectivity index (χ2n) is 1.39. The molecule has 0 aliphatic rings. The van der Waals surface area contributed by atoms with Crippen molar-refractivity contribution in [3.8, 4) is 0 Å². The van der Waals surface area contributed by atoms with Crippen LogP contribution in [0.15, 0.2) is 0 Å². The SMILES string of the molecule is CC(C)[SiH]O. The van der Waals surface area contributed by atoms with E-state index in [2.05, 4.69) is 0 Å². The minimum atomic E-state index is -0.269. The van der Waals surface area contributed by atoms with Crippen LogP contribution in [-0.2, 0) is 0 Å². The van der Waals surface area contributed by atoms with E-state index in [1.54, 1.807) is 0 Å². The Bertz CT molecular complexity index is 20.9. The summed E-state index contributed by atoms with van der Waals surface area (Å²) < 4.78 is 0. The zero-order chi connectivity index (χ0) is 4.28. The van der Waals surface area contributed by atoms with Crippen molar-refractivity contribution >= 4 is 9.76 Å². The topological polar surface area (TPSA) is 20.2 Å². The monoisotopic (exact) mass is 89.0 g/mol. The molecule has 1 N–H and O–H groups in total. The third-order valence-corrected chi connectivity index (χ3v) is 0.894. The Hall–Kier alpha value is 0.177. The van der Waals surface area contributed by atoms with Gasteiger partial charge < -0.3 is 4.80 Å². The third-order valence-electron chi connectivity index (χ3n) is 0.298. The standard InChI is InChI=1S/C3H9OSi/c1-3(2)5-4/h3-5H,1-2H3. The summed E-state index contributed by atoms with van der Waals surface area (Å²) in [4.78, 5) is 8.23. The maximum absolute atomic E-state index is 8.23. The molecule has 0 aromatic rings. The average molecular weight is 89.2 g/mol. The van der Waals surface area contributed by atoms with Crippen molar-refractivity contribution in [2.45, 2.75) is 19.4 Å². The molecular weight excluding hydrogens is 80.1 g/mol. The van der Waals surface area contributed by atoms with Crippen LogP contribution >= 0.6 is 0 Å². The van der Waals surface area contributed by atoms with E-state index in [0.29, 0.717) is 5.54 Å². The van der Waals surface area contributed by atoms with Crippen molar-refractivity contribution in [1.82, 2.24) is 0 Å². The van der Waals surface area contributed by atoms with Crippen LogP contribution in [0.1, 0.15) is 13.8 Å². The van der Waals surface area contributed by atoms with Gasteiger partial charge in [0.05, 0.1) is 0 Å². The quantitative estimate of drug-likeness (QED) is 0.454. The first-order valence-corrected chi connectivity index (χ1v) is 2.93. The summed E-state index contributed by atoms with van der Waals surface area (Å²) in [5.41, 5.74) is 0.523. The van der Waals surface area contributed by atoms with Crippen LogP contribution in [0.5, 0.6) is 0 Å². The van der Waals surface area contributed by atoms with Crippen molar-refractivity contribution in [2.24, 2.45) is 0 Å². The highest BCUT2D eigenvalue weighted by Crippen LogP contribution is 1.90. The Morgan fingerprint density at radius 3 is 1.80 bits per heavy atom.